The van der Waals surface area contributed by atoms with Crippen molar-refractivity contribution in [2.75, 3.05) is 19.8 Å². The van der Waals surface area contributed by atoms with Crippen LogP contribution in [0.1, 0.15) is 228 Å². The molecule has 0 rings (SSSR count). The number of hydrogen-bond acceptors (Lipinski definition) is 6. The van der Waals surface area contributed by atoms with E-state index in [0.29, 0.717) is 19.3 Å². The van der Waals surface area contributed by atoms with E-state index in [1.165, 1.54) is 0 Å². The molecular weight excluding hydrogens is 1040 g/mol. The summed E-state index contributed by atoms with van der Waals surface area (Å²) < 4.78 is 19.2. The molecule has 0 aromatic carbocycles. The molecule has 0 saturated heterocycles. The van der Waals surface area contributed by atoms with E-state index in [1.807, 2.05) is 0 Å². The van der Waals surface area contributed by atoms with Gasteiger partial charge < -0.3 is 29.5 Å². The number of carboxylic acids is 3. The summed E-state index contributed by atoms with van der Waals surface area (Å²) >= 11 is 0. The van der Waals surface area contributed by atoms with Crippen molar-refractivity contribution in [3.63, 3.8) is 0 Å². The molecule has 0 radical (unpaired) electrons. The topological polar surface area (TPSA) is 140 Å². The minimum Gasteiger partial charge on any atom is -0.479 e. The zero-order valence-electron chi connectivity index (χ0n) is 53.3. The second-order valence-corrected chi connectivity index (χ2v) is 21.1. The van der Waals surface area contributed by atoms with E-state index in [4.69, 9.17) is 14.2 Å². The van der Waals surface area contributed by atoms with Crippen molar-refractivity contribution in [2.24, 2.45) is 5.92 Å². The van der Waals surface area contributed by atoms with Crippen LogP contribution in [-0.2, 0) is 28.6 Å². The zero-order valence-corrected chi connectivity index (χ0v) is 53.3. The molecule has 0 aromatic heterocycles. The van der Waals surface area contributed by atoms with Crippen LogP contribution in [0.15, 0.2) is 182 Å². The average molecular weight is 1160 g/mol. The summed E-state index contributed by atoms with van der Waals surface area (Å²) in [6, 6.07) is 0. The van der Waals surface area contributed by atoms with Gasteiger partial charge in [-0.25, -0.2) is 14.4 Å². The molecule has 0 saturated carbocycles. The van der Waals surface area contributed by atoms with E-state index >= 15 is 0 Å². The van der Waals surface area contributed by atoms with Crippen LogP contribution < -0.4 is 0 Å². The smallest absolute Gasteiger partial charge is 0.336 e. The van der Waals surface area contributed by atoms with Crippen molar-refractivity contribution in [1.82, 2.24) is 0 Å². The van der Waals surface area contributed by atoms with Crippen molar-refractivity contribution < 1.29 is 43.9 Å². The number of unbranched alkanes of at least 4 members (excludes halogenated alkanes) is 6. The number of allylic oxidation sites excluding steroid dienone is 30. The van der Waals surface area contributed by atoms with Crippen molar-refractivity contribution in [3.05, 3.63) is 182 Å². The third-order valence-electron chi connectivity index (χ3n) is 14.5. The molecule has 0 aliphatic rings. The van der Waals surface area contributed by atoms with Crippen LogP contribution in [0.3, 0.4) is 0 Å². The molecule has 0 aromatic rings. The Morgan fingerprint density at radius 2 is 0.524 bits per heavy atom. The van der Waals surface area contributed by atoms with Crippen LogP contribution in [-0.4, -0.2) is 69.9 Å². The predicted molar refractivity (Wildman–Crippen MR) is 357 cm³/mol. The van der Waals surface area contributed by atoms with E-state index in [2.05, 4.69) is 203 Å². The number of carboxylic acid groups (broad SMARTS) is 3. The fourth-order valence-corrected chi connectivity index (χ4v) is 9.29. The summed E-state index contributed by atoms with van der Waals surface area (Å²) in [5.41, 5.74) is -5.50. The minimum absolute atomic E-state index is 0.0128. The number of rotatable bonds is 56. The highest BCUT2D eigenvalue weighted by atomic mass is 16.5. The second-order valence-electron chi connectivity index (χ2n) is 21.1. The van der Waals surface area contributed by atoms with Gasteiger partial charge in [-0.2, -0.15) is 0 Å². The second kappa shape index (κ2) is 56.5. The molecule has 3 N–H and O–H groups in total. The van der Waals surface area contributed by atoms with E-state index < -0.39 is 40.6 Å². The zero-order chi connectivity index (χ0) is 61.8. The highest BCUT2D eigenvalue weighted by Crippen LogP contribution is 2.43. The van der Waals surface area contributed by atoms with Crippen molar-refractivity contribution in [1.29, 1.82) is 0 Å². The number of ether oxygens (including phenoxy) is 3. The van der Waals surface area contributed by atoms with Crippen LogP contribution in [0.25, 0.3) is 0 Å². The van der Waals surface area contributed by atoms with E-state index in [1.54, 1.807) is 20.8 Å². The summed E-state index contributed by atoms with van der Waals surface area (Å²) in [6.07, 6.45) is 85.0. The summed E-state index contributed by atoms with van der Waals surface area (Å²) in [4.78, 5) is 40.6. The van der Waals surface area contributed by atoms with Gasteiger partial charge in [-0.15, -0.1) is 0 Å². The van der Waals surface area contributed by atoms with Crippen LogP contribution >= 0.6 is 0 Å². The van der Waals surface area contributed by atoms with Gasteiger partial charge in [0.2, 0.25) is 0 Å². The van der Waals surface area contributed by atoms with Gasteiger partial charge in [-0.05, 0) is 186 Å². The van der Waals surface area contributed by atoms with Gasteiger partial charge in [0.15, 0.2) is 16.8 Å². The molecule has 84 heavy (non-hydrogen) atoms. The van der Waals surface area contributed by atoms with Crippen molar-refractivity contribution in [2.45, 2.75) is 245 Å². The first-order chi connectivity index (χ1) is 41.0. The molecule has 0 heterocycles. The van der Waals surface area contributed by atoms with E-state index in [-0.39, 0.29) is 51.9 Å². The summed E-state index contributed by atoms with van der Waals surface area (Å²) in [6.45, 7) is 12.0. The molecule has 0 bridgehead atoms. The number of hydrogen-bond donors (Lipinski definition) is 3. The molecule has 9 nitrogen and oxygen atoms in total. The van der Waals surface area contributed by atoms with Gasteiger partial charge in [-0.1, -0.05) is 224 Å². The fraction of sp³-hybridized carbons (Fsp3) is 0.560. The third-order valence-corrected chi connectivity index (χ3v) is 14.5. The van der Waals surface area contributed by atoms with Gasteiger partial charge in [0, 0.05) is 25.7 Å². The standard InChI is InChI=1S/C75H116O9/c1-7-13-16-19-22-25-28-31-34-37-40-43-46-49-52-55-58-61-64-82-73(10-4,70(76)77)67-69(75(12-6,72(80)81)84-66-63-60-57-54-51-48-45-42-39-36-33-30-27-24-21-18-15-9-3)68-74(11-5,71(78)79)83-65-62-59-56-53-50-47-44-41-38-35-32-29-26-23-20-17-14-8-2/h13-18,22-27,31-36,40-45,49-54,69H,7-12,19-21,28-30,37-39,46-48,55-68H2,1-6H3,(H,76,77)(H,78,79)(H,80,81)/b16-13-,17-14-,18-15-,25-22-,26-23-,27-24-,34-31-,35-32-,36-33-,43-40-,44-41-,45-42-,52-49-,53-50-,54-51-. The maximum absolute atomic E-state index is 13.7. The Morgan fingerprint density at radius 1 is 0.298 bits per heavy atom. The largest absolute Gasteiger partial charge is 0.479 e. The molecule has 0 fully saturated rings. The minimum atomic E-state index is -1.91. The Bertz CT molecular complexity index is 2020. The molecule has 3 atom stereocenters. The first-order valence-electron chi connectivity index (χ1n) is 32.4. The van der Waals surface area contributed by atoms with Gasteiger partial charge in [0.1, 0.15) is 0 Å². The normalized spacial score (nSPS) is 15.8. The quantitative estimate of drug-likeness (QED) is 0.0401. The van der Waals surface area contributed by atoms with E-state index in [9.17, 15) is 29.7 Å². The maximum atomic E-state index is 13.7. The Kier molecular flexibility index (Phi) is 52.7. The van der Waals surface area contributed by atoms with Gasteiger partial charge in [0.25, 0.3) is 0 Å². The highest BCUT2D eigenvalue weighted by Gasteiger charge is 2.55. The Morgan fingerprint density at radius 3 is 0.726 bits per heavy atom. The van der Waals surface area contributed by atoms with Gasteiger partial charge in [-0.3, -0.25) is 0 Å². The summed E-state index contributed by atoms with van der Waals surface area (Å²) in [5.74, 6) is -4.78. The summed E-state index contributed by atoms with van der Waals surface area (Å²) in [7, 11) is 0. The number of aliphatic carboxylic acids is 3. The van der Waals surface area contributed by atoms with Crippen molar-refractivity contribution in [3.8, 4) is 0 Å². The SMILES string of the molecule is CC/C=C\C/C=C\C/C=C\C/C=C\C/C=C\CCCCOC(CC)(CC(CC(CC)(OCCCC/C=C\C/C=C\C/C=C\C/C=C\C/C=C\CC)C(=O)O)C(CC)(OCCCC/C=C\C/C=C\C/C=C\C/C=C\C/C=C\CC)C(=O)O)C(=O)O. The monoisotopic (exact) mass is 1160 g/mol. The lowest BCUT2D eigenvalue weighted by Gasteiger charge is -2.44. The lowest BCUT2D eigenvalue weighted by atomic mass is 9.70. The third kappa shape index (κ3) is 40.6. The Balaban J connectivity index is 5.98. The maximum Gasteiger partial charge on any atom is 0.336 e. The Labute approximate surface area is 512 Å². The van der Waals surface area contributed by atoms with Crippen LogP contribution in [0, 0.1) is 5.92 Å². The molecule has 0 aliphatic heterocycles. The van der Waals surface area contributed by atoms with Crippen LogP contribution in [0.2, 0.25) is 0 Å². The first-order valence-corrected chi connectivity index (χ1v) is 32.4. The first kappa shape index (κ1) is 78.4. The summed E-state index contributed by atoms with van der Waals surface area (Å²) in [5, 5.41) is 33.1. The molecule has 0 aliphatic carbocycles. The Hall–Kier alpha value is -5.61. The lowest BCUT2D eigenvalue weighted by molar-refractivity contribution is -0.200. The molecule has 0 spiro atoms. The molecule has 3 unspecified atom stereocenters. The van der Waals surface area contributed by atoms with Crippen LogP contribution in [0.5, 0.6) is 0 Å². The number of carbonyl (C=O) groups is 3. The molecule has 0 amide bonds. The van der Waals surface area contributed by atoms with Crippen molar-refractivity contribution >= 4 is 17.9 Å². The van der Waals surface area contributed by atoms with E-state index in [0.717, 1.165) is 135 Å². The van der Waals surface area contributed by atoms with Gasteiger partial charge >= 0.3 is 17.9 Å². The molecule has 9 heteroatoms. The predicted octanol–water partition coefficient (Wildman–Crippen LogP) is 20.9. The highest BCUT2D eigenvalue weighted by molar-refractivity contribution is 5.81. The molecular formula is C75H116O9. The lowest BCUT2D eigenvalue weighted by Crippen LogP contribution is -2.56. The average Bonchev–Trinajstić information content (AvgIpc) is 3.65. The molecule has 470 valence electrons. The fourth-order valence-electron chi connectivity index (χ4n) is 9.29. The van der Waals surface area contributed by atoms with Gasteiger partial charge in [0.05, 0.1) is 0 Å². The van der Waals surface area contributed by atoms with Crippen LogP contribution in [0.4, 0.5) is 0 Å².